The van der Waals surface area contributed by atoms with E-state index in [1.54, 1.807) is 0 Å². The Labute approximate surface area is 100 Å². The Kier molecular flexibility index (Phi) is 5.46. The Bertz CT molecular complexity index is 207. The molecule has 1 aliphatic carbocycles. The summed E-state index contributed by atoms with van der Waals surface area (Å²) >= 11 is 0. The molecule has 1 atom stereocenters. The van der Waals surface area contributed by atoms with Gasteiger partial charge in [-0.05, 0) is 39.8 Å². The van der Waals surface area contributed by atoms with Gasteiger partial charge >= 0.3 is 0 Å². The van der Waals surface area contributed by atoms with Gasteiger partial charge in [-0.25, -0.2) is 0 Å². The molecule has 1 unspecified atom stereocenters. The molecule has 0 amide bonds. The predicted molar refractivity (Wildman–Crippen MR) is 70.0 cm³/mol. The number of hydrogen-bond donors (Lipinski definition) is 2. The van der Waals surface area contributed by atoms with E-state index in [0.717, 1.165) is 12.8 Å². The molecule has 0 saturated heterocycles. The van der Waals surface area contributed by atoms with E-state index in [0.29, 0.717) is 6.04 Å². The minimum Gasteiger partial charge on any atom is -0.302 e. The number of rotatable bonds is 6. The normalized spacial score (nSPS) is 22.0. The molecule has 16 heavy (non-hydrogen) atoms. The van der Waals surface area contributed by atoms with E-state index in [1.807, 2.05) is 6.08 Å². The summed E-state index contributed by atoms with van der Waals surface area (Å²) < 4.78 is 0. The van der Waals surface area contributed by atoms with Crippen LogP contribution in [0.1, 0.15) is 44.9 Å². The lowest BCUT2D eigenvalue weighted by molar-refractivity contribution is 0.0538. The second kappa shape index (κ2) is 6.38. The summed E-state index contributed by atoms with van der Waals surface area (Å²) in [5.41, 5.74) is 3.29. The molecule has 3 N–H and O–H groups in total. The quantitative estimate of drug-likeness (QED) is 0.413. The van der Waals surface area contributed by atoms with Crippen LogP contribution >= 0.6 is 0 Å². The highest BCUT2D eigenvalue weighted by Gasteiger charge is 2.40. The fourth-order valence-electron chi connectivity index (χ4n) is 3.06. The molecular weight excluding hydrogens is 198 g/mol. The zero-order valence-electron chi connectivity index (χ0n) is 10.8. The summed E-state index contributed by atoms with van der Waals surface area (Å²) in [5, 5.41) is 0. The molecule has 0 heterocycles. The van der Waals surface area contributed by atoms with Crippen molar-refractivity contribution in [1.82, 2.24) is 10.3 Å². The van der Waals surface area contributed by atoms with Gasteiger partial charge in [-0.3, -0.25) is 11.3 Å². The van der Waals surface area contributed by atoms with Crippen LogP contribution in [0, 0.1) is 0 Å². The number of allylic oxidation sites excluding steroid dienone is 1. The summed E-state index contributed by atoms with van der Waals surface area (Å²) in [6.07, 6.45) is 10.6. The SMILES string of the molecule is C=CCCC(NN)C1(N(C)C)CCCCC1. The second-order valence-electron chi connectivity index (χ2n) is 5.14. The van der Waals surface area contributed by atoms with Gasteiger partial charge < -0.3 is 4.90 Å². The first-order valence-corrected chi connectivity index (χ1v) is 6.42. The van der Waals surface area contributed by atoms with E-state index in [4.69, 9.17) is 5.84 Å². The minimum absolute atomic E-state index is 0.246. The molecular formula is C13H27N3. The smallest absolute Gasteiger partial charge is 0.0397 e. The maximum Gasteiger partial charge on any atom is 0.0397 e. The molecule has 0 bridgehead atoms. The minimum atomic E-state index is 0.246. The van der Waals surface area contributed by atoms with Gasteiger partial charge in [0.2, 0.25) is 0 Å². The summed E-state index contributed by atoms with van der Waals surface area (Å²) in [6.45, 7) is 3.80. The van der Waals surface area contributed by atoms with Crippen LogP contribution in [0.15, 0.2) is 12.7 Å². The van der Waals surface area contributed by atoms with Gasteiger partial charge in [-0.2, -0.15) is 0 Å². The van der Waals surface area contributed by atoms with Crippen molar-refractivity contribution in [3.8, 4) is 0 Å². The van der Waals surface area contributed by atoms with Crippen LogP contribution in [0.5, 0.6) is 0 Å². The van der Waals surface area contributed by atoms with Crippen molar-refractivity contribution in [3.05, 3.63) is 12.7 Å². The van der Waals surface area contributed by atoms with Crippen molar-refractivity contribution in [2.24, 2.45) is 5.84 Å². The van der Waals surface area contributed by atoms with Crippen LogP contribution in [-0.4, -0.2) is 30.6 Å². The van der Waals surface area contributed by atoms with Crippen LogP contribution < -0.4 is 11.3 Å². The van der Waals surface area contributed by atoms with Crippen molar-refractivity contribution >= 4 is 0 Å². The van der Waals surface area contributed by atoms with Crippen molar-refractivity contribution < 1.29 is 0 Å². The summed E-state index contributed by atoms with van der Waals surface area (Å²) in [4.78, 5) is 2.37. The fraction of sp³-hybridized carbons (Fsp3) is 0.846. The maximum absolute atomic E-state index is 5.76. The average molecular weight is 225 g/mol. The predicted octanol–water partition coefficient (Wildman–Crippen LogP) is 2.05. The highest BCUT2D eigenvalue weighted by Crippen LogP contribution is 2.36. The fourth-order valence-corrected chi connectivity index (χ4v) is 3.06. The van der Waals surface area contributed by atoms with Crippen LogP contribution in [0.4, 0.5) is 0 Å². The van der Waals surface area contributed by atoms with Crippen LogP contribution in [0.2, 0.25) is 0 Å². The molecule has 1 saturated carbocycles. The van der Waals surface area contributed by atoms with Gasteiger partial charge in [-0.1, -0.05) is 25.3 Å². The van der Waals surface area contributed by atoms with E-state index in [9.17, 15) is 0 Å². The molecule has 3 nitrogen and oxygen atoms in total. The molecule has 0 aromatic rings. The standard InChI is InChI=1S/C13H27N3/c1-4-5-9-12(15-14)13(16(2)3)10-7-6-8-11-13/h4,12,15H,1,5-11,14H2,2-3H3. The lowest BCUT2D eigenvalue weighted by atomic mass is 9.74. The average Bonchev–Trinajstić information content (AvgIpc) is 2.31. The second-order valence-corrected chi connectivity index (χ2v) is 5.14. The van der Waals surface area contributed by atoms with Crippen LogP contribution in [0.25, 0.3) is 0 Å². The summed E-state index contributed by atoms with van der Waals surface area (Å²) in [7, 11) is 4.37. The number of hydrogen-bond acceptors (Lipinski definition) is 3. The molecule has 0 aliphatic heterocycles. The monoisotopic (exact) mass is 225 g/mol. The molecule has 0 spiro atoms. The molecule has 0 aromatic carbocycles. The zero-order valence-corrected chi connectivity index (χ0v) is 10.8. The van der Waals surface area contributed by atoms with Crippen molar-refractivity contribution in [2.45, 2.75) is 56.5 Å². The highest BCUT2D eigenvalue weighted by molar-refractivity contribution is 5.00. The van der Waals surface area contributed by atoms with E-state index in [2.05, 4.69) is 31.0 Å². The third kappa shape index (κ3) is 2.84. The van der Waals surface area contributed by atoms with Gasteiger partial charge in [0.25, 0.3) is 0 Å². The van der Waals surface area contributed by atoms with Gasteiger partial charge in [0, 0.05) is 11.6 Å². The van der Waals surface area contributed by atoms with Gasteiger partial charge in [-0.15, -0.1) is 6.58 Å². The number of hydrazine groups is 1. The molecule has 1 rings (SSSR count). The summed E-state index contributed by atoms with van der Waals surface area (Å²) in [6, 6.07) is 0.376. The topological polar surface area (TPSA) is 41.3 Å². The van der Waals surface area contributed by atoms with Gasteiger partial charge in [0.1, 0.15) is 0 Å². The largest absolute Gasteiger partial charge is 0.302 e. The van der Waals surface area contributed by atoms with Crippen LogP contribution in [-0.2, 0) is 0 Å². The first-order valence-electron chi connectivity index (χ1n) is 6.42. The number of nitrogens with two attached hydrogens (primary N) is 1. The Morgan fingerprint density at radius 2 is 2.00 bits per heavy atom. The number of nitrogens with zero attached hydrogens (tertiary/aromatic N) is 1. The lowest BCUT2D eigenvalue weighted by Gasteiger charge is -2.48. The Morgan fingerprint density at radius 3 is 2.44 bits per heavy atom. The zero-order chi connectivity index (χ0) is 12.0. The molecule has 1 fully saturated rings. The van der Waals surface area contributed by atoms with Crippen molar-refractivity contribution in [3.63, 3.8) is 0 Å². The van der Waals surface area contributed by atoms with Gasteiger partial charge in [0.15, 0.2) is 0 Å². The maximum atomic E-state index is 5.76. The molecule has 1 aliphatic rings. The van der Waals surface area contributed by atoms with E-state index >= 15 is 0 Å². The highest BCUT2D eigenvalue weighted by atomic mass is 15.3. The summed E-state index contributed by atoms with van der Waals surface area (Å²) in [5.74, 6) is 5.76. The van der Waals surface area contributed by atoms with E-state index in [1.165, 1.54) is 32.1 Å². The number of nitrogens with one attached hydrogen (secondary N) is 1. The van der Waals surface area contributed by atoms with Crippen molar-refractivity contribution in [1.29, 1.82) is 0 Å². The van der Waals surface area contributed by atoms with E-state index < -0.39 is 0 Å². The van der Waals surface area contributed by atoms with E-state index in [-0.39, 0.29) is 5.54 Å². The number of likely N-dealkylation sites (N-methyl/N-ethyl adjacent to an activating group) is 1. The lowest BCUT2D eigenvalue weighted by Crippen LogP contribution is -2.61. The van der Waals surface area contributed by atoms with Crippen molar-refractivity contribution in [2.75, 3.05) is 14.1 Å². The Balaban J connectivity index is 2.75. The molecule has 94 valence electrons. The Hall–Kier alpha value is -0.380. The molecule has 3 heteroatoms. The third-order valence-corrected chi connectivity index (χ3v) is 4.12. The van der Waals surface area contributed by atoms with Gasteiger partial charge in [0.05, 0.1) is 0 Å². The first-order chi connectivity index (χ1) is 7.67. The van der Waals surface area contributed by atoms with Crippen LogP contribution in [0.3, 0.4) is 0 Å². The first kappa shape index (κ1) is 13.7. The molecule has 0 radical (unpaired) electrons. The molecule has 0 aromatic heterocycles. The third-order valence-electron chi connectivity index (χ3n) is 4.12. The Morgan fingerprint density at radius 1 is 1.38 bits per heavy atom.